The first kappa shape index (κ1) is 38.6. The molecule has 0 radical (unpaired) electrons. The number of nitriles is 1. The second kappa shape index (κ2) is 17.9. The molecule has 0 spiro atoms. The molecule has 1 aliphatic carbocycles. The van der Waals surface area contributed by atoms with E-state index in [0.717, 1.165) is 35.3 Å². The number of amides is 3. The second-order valence-electron chi connectivity index (χ2n) is 13.1. The molecule has 7 nitrogen and oxygen atoms in total. The number of carbonyl (C=O) groups excluding carboxylic acids is 3. The fourth-order valence-electron chi connectivity index (χ4n) is 6.60. The first-order valence-electron chi connectivity index (χ1n) is 17.8. The highest BCUT2D eigenvalue weighted by Crippen LogP contribution is 2.44. The number of nitrogens with zero attached hydrogens (tertiary/aromatic N) is 1. The smallest absolute Gasteiger partial charge is 0.272 e. The molecule has 56 heavy (non-hydrogen) atoms. The number of benzene rings is 5. The van der Waals surface area contributed by atoms with Crippen LogP contribution in [0.4, 0.5) is 10.7 Å². The molecule has 5 aromatic carbocycles. The molecular weight excluding hydrogens is 780 g/mol. The summed E-state index contributed by atoms with van der Waals surface area (Å²) in [5.74, 6) is -1.00. The standard InChI is InChI=1S/C45H34Cl2N4O3S2/c46-37-20-11-21-38(47)35(37)26-39(50-42(52)30-16-8-3-9-17-30)43(53)49-32-18-10-19-33(25-32)55-41(29-14-6-2-7-15-29)44(54)51-45-36(27-48)34-23-22-31(24-40(34)56-45)28-12-4-1-5-13-28/h1-21,25-26,31,41H,22-24H2,(H,49,53)(H,50,52)(H,51,54)/b39-26+. The minimum Gasteiger partial charge on any atom is -0.321 e. The van der Waals surface area contributed by atoms with Crippen molar-refractivity contribution in [1.82, 2.24) is 5.32 Å². The maximum atomic E-state index is 14.2. The lowest BCUT2D eigenvalue weighted by Crippen LogP contribution is -2.30. The van der Waals surface area contributed by atoms with Crippen molar-refractivity contribution in [2.24, 2.45) is 0 Å². The fraction of sp³-hybridized carbons (Fsp3) is 0.111. The Labute approximate surface area is 343 Å². The van der Waals surface area contributed by atoms with Gasteiger partial charge in [-0.3, -0.25) is 14.4 Å². The molecule has 1 aliphatic rings. The van der Waals surface area contributed by atoms with Gasteiger partial charge in [-0.05, 0) is 90.4 Å². The molecule has 6 aromatic rings. The minimum atomic E-state index is -0.687. The molecular formula is C45H34Cl2N4O3S2. The molecule has 2 unspecified atom stereocenters. The first-order chi connectivity index (χ1) is 27.3. The van der Waals surface area contributed by atoms with Crippen LogP contribution in [0.3, 0.4) is 0 Å². The molecule has 2 atom stereocenters. The Morgan fingerprint density at radius 1 is 0.821 bits per heavy atom. The number of anilines is 2. The van der Waals surface area contributed by atoms with Gasteiger partial charge in [-0.1, -0.05) is 114 Å². The monoisotopic (exact) mass is 812 g/mol. The van der Waals surface area contributed by atoms with E-state index in [1.807, 2.05) is 42.5 Å². The Balaban J connectivity index is 1.12. The highest BCUT2D eigenvalue weighted by atomic mass is 35.5. The number of hydrogen-bond acceptors (Lipinski definition) is 6. The number of carbonyl (C=O) groups is 3. The van der Waals surface area contributed by atoms with Crippen LogP contribution in [0.2, 0.25) is 10.0 Å². The van der Waals surface area contributed by atoms with Crippen molar-refractivity contribution < 1.29 is 14.4 Å². The number of thioether (sulfide) groups is 1. The van der Waals surface area contributed by atoms with Gasteiger partial charge in [-0.2, -0.15) is 5.26 Å². The van der Waals surface area contributed by atoms with Crippen molar-refractivity contribution in [3.8, 4) is 6.07 Å². The van der Waals surface area contributed by atoms with E-state index in [4.69, 9.17) is 23.2 Å². The number of thiophene rings is 1. The third-order valence-electron chi connectivity index (χ3n) is 9.39. The Hall–Kier alpha value is -5.63. The second-order valence-corrected chi connectivity index (χ2v) is 16.2. The van der Waals surface area contributed by atoms with Crippen LogP contribution in [0, 0.1) is 11.3 Å². The normalized spacial score (nSPS) is 14.2. The van der Waals surface area contributed by atoms with E-state index in [-0.39, 0.29) is 11.6 Å². The van der Waals surface area contributed by atoms with Crippen LogP contribution in [0.25, 0.3) is 6.08 Å². The minimum absolute atomic E-state index is 0.0736. The summed E-state index contributed by atoms with van der Waals surface area (Å²) in [6.45, 7) is 0. The Morgan fingerprint density at radius 2 is 1.48 bits per heavy atom. The quantitative estimate of drug-likeness (QED) is 0.0891. The van der Waals surface area contributed by atoms with Crippen LogP contribution in [0.1, 0.15) is 60.6 Å². The summed E-state index contributed by atoms with van der Waals surface area (Å²) < 4.78 is 0. The Morgan fingerprint density at radius 3 is 2.18 bits per heavy atom. The molecule has 0 saturated heterocycles. The highest BCUT2D eigenvalue weighted by Gasteiger charge is 2.30. The van der Waals surface area contributed by atoms with Crippen molar-refractivity contribution in [2.45, 2.75) is 35.3 Å². The summed E-state index contributed by atoms with van der Waals surface area (Å²) in [6.07, 6.45) is 3.98. The number of halogens is 2. The van der Waals surface area contributed by atoms with Crippen molar-refractivity contribution in [1.29, 1.82) is 5.26 Å². The van der Waals surface area contributed by atoms with Gasteiger partial charge in [-0.15, -0.1) is 23.1 Å². The summed E-state index contributed by atoms with van der Waals surface area (Å²) in [6, 6.07) is 42.8. The van der Waals surface area contributed by atoms with Gasteiger partial charge in [0.15, 0.2) is 0 Å². The lowest BCUT2D eigenvalue weighted by atomic mass is 9.83. The summed E-state index contributed by atoms with van der Waals surface area (Å²) >= 11 is 15.7. The largest absolute Gasteiger partial charge is 0.321 e. The lowest BCUT2D eigenvalue weighted by molar-refractivity contribution is -0.116. The third kappa shape index (κ3) is 9.07. The van der Waals surface area contributed by atoms with Crippen molar-refractivity contribution >= 4 is 80.8 Å². The molecule has 0 fully saturated rings. The molecule has 1 heterocycles. The van der Waals surface area contributed by atoms with Gasteiger partial charge in [0.05, 0.1) is 5.56 Å². The molecule has 278 valence electrons. The lowest BCUT2D eigenvalue weighted by Gasteiger charge is -2.22. The maximum absolute atomic E-state index is 14.2. The molecule has 1 aromatic heterocycles. The molecule has 3 N–H and O–H groups in total. The van der Waals surface area contributed by atoms with Crippen LogP contribution in [0.15, 0.2) is 144 Å². The van der Waals surface area contributed by atoms with E-state index in [9.17, 15) is 19.6 Å². The molecule has 0 aliphatic heterocycles. The molecule has 0 bridgehead atoms. The van der Waals surface area contributed by atoms with E-state index in [1.54, 1.807) is 66.7 Å². The molecule has 7 rings (SSSR count). The molecule has 0 saturated carbocycles. The summed E-state index contributed by atoms with van der Waals surface area (Å²) in [5.41, 5.74) is 4.71. The zero-order chi connectivity index (χ0) is 39.0. The predicted octanol–water partition coefficient (Wildman–Crippen LogP) is 11.1. The van der Waals surface area contributed by atoms with Gasteiger partial charge >= 0.3 is 0 Å². The van der Waals surface area contributed by atoms with Gasteiger partial charge in [-0.25, -0.2) is 0 Å². The predicted molar refractivity (Wildman–Crippen MR) is 227 cm³/mol. The number of fused-ring (bicyclic) bond motifs is 1. The van der Waals surface area contributed by atoms with Gasteiger partial charge < -0.3 is 16.0 Å². The van der Waals surface area contributed by atoms with Crippen LogP contribution in [-0.2, 0) is 22.4 Å². The van der Waals surface area contributed by atoms with Crippen molar-refractivity contribution in [3.05, 3.63) is 187 Å². The van der Waals surface area contributed by atoms with E-state index < -0.39 is 17.1 Å². The van der Waals surface area contributed by atoms with Crippen LogP contribution < -0.4 is 16.0 Å². The number of nitrogens with one attached hydrogen (secondary N) is 3. The average molecular weight is 814 g/mol. The Kier molecular flexibility index (Phi) is 12.3. The van der Waals surface area contributed by atoms with E-state index >= 15 is 0 Å². The molecule has 3 amide bonds. The molecule has 11 heteroatoms. The van der Waals surface area contributed by atoms with E-state index in [2.05, 4.69) is 46.3 Å². The first-order valence-corrected chi connectivity index (χ1v) is 20.3. The topological polar surface area (TPSA) is 111 Å². The van der Waals surface area contributed by atoms with Crippen molar-refractivity contribution in [2.75, 3.05) is 10.6 Å². The summed E-state index contributed by atoms with van der Waals surface area (Å²) in [7, 11) is 0. The number of hydrogen-bond donors (Lipinski definition) is 3. The Bertz CT molecular complexity index is 2450. The zero-order valence-corrected chi connectivity index (χ0v) is 32.9. The average Bonchev–Trinajstić information content (AvgIpc) is 3.57. The number of rotatable bonds is 11. The van der Waals surface area contributed by atoms with Gasteiger partial charge in [0.1, 0.15) is 22.0 Å². The van der Waals surface area contributed by atoms with E-state index in [1.165, 1.54) is 34.7 Å². The highest BCUT2D eigenvalue weighted by molar-refractivity contribution is 8.00. The maximum Gasteiger partial charge on any atom is 0.272 e. The SMILES string of the molecule is N#Cc1c(NC(=O)C(Sc2cccc(NC(=O)/C(=C\c3c(Cl)cccc3Cl)NC(=O)c3ccccc3)c2)c2ccccc2)sc2c1CCC(c1ccccc1)C2. The summed E-state index contributed by atoms with van der Waals surface area (Å²) in [4.78, 5) is 43.1. The van der Waals surface area contributed by atoms with Crippen LogP contribution in [0.5, 0.6) is 0 Å². The van der Waals surface area contributed by atoms with Crippen LogP contribution >= 0.6 is 46.3 Å². The van der Waals surface area contributed by atoms with Crippen LogP contribution in [-0.4, -0.2) is 17.7 Å². The fourth-order valence-corrected chi connectivity index (χ4v) is 9.47. The van der Waals surface area contributed by atoms with E-state index in [0.29, 0.717) is 48.2 Å². The van der Waals surface area contributed by atoms with Gasteiger partial charge in [0, 0.05) is 36.6 Å². The van der Waals surface area contributed by atoms with Gasteiger partial charge in [0.2, 0.25) is 5.91 Å². The zero-order valence-electron chi connectivity index (χ0n) is 29.8. The van der Waals surface area contributed by atoms with Crippen molar-refractivity contribution in [3.63, 3.8) is 0 Å². The summed E-state index contributed by atoms with van der Waals surface area (Å²) in [5, 5.41) is 19.4. The third-order valence-corrected chi connectivity index (χ3v) is 12.5. The van der Waals surface area contributed by atoms with Gasteiger partial charge in [0.25, 0.3) is 11.8 Å².